The van der Waals surface area contributed by atoms with Gasteiger partial charge in [-0.15, -0.1) is 0 Å². The molecule has 2 aliphatic heterocycles. The lowest BCUT2D eigenvalue weighted by atomic mass is 9.93. The summed E-state index contributed by atoms with van der Waals surface area (Å²) in [5.41, 5.74) is 5.34. The van der Waals surface area contributed by atoms with E-state index < -0.39 is 6.04 Å². The van der Waals surface area contributed by atoms with Gasteiger partial charge in [0.05, 0.1) is 11.7 Å². The van der Waals surface area contributed by atoms with Crippen LogP contribution in [0.4, 0.5) is 16.0 Å². The molecule has 41 heavy (non-hydrogen) atoms. The van der Waals surface area contributed by atoms with Crippen molar-refractivity contribution >= 4 is 29.1 Å². The molecular weight excluding hydrogens is 539 g/mol. The van der Waals surface area contributed by atoms with Crippen LogP contribution in [-0.2, 0) is 6.54 Å². The summed E-state index contributed by atoms with van der Waals surface area (Å²) in [5, 5.41) is 7.30. The molecule has 1 atom stereocenters. The molecule has 0 radical (unpaired) electrons. The monoisotopic (exact) mass is 570 g/mol. The molecule has 1 fully saturated rings. The fraction of sp³-hybridized carbons (Fsp3) is 0.281. The molecule has 2 N–H and O–H groups in total. The number of carbonyl (C=O) groups excluding carboxylic acids is 1. The molecule has 9 heteroatoms. The number of benzene rings is 3. The minimum Gasteiger partial charge on any atom is -0.339 e. The second-order valence-electron chi connectivity index (χ2n) is 10.8. The van der Waals surface area contributed by atoms with Crippen LogP contribution in [0, 0.1) is 5.82 Å². The molecule has 0 bridgehead atoms. The molecule has 210 valence electrons. The maximum Gasteiger partial charge on any atom is 0.253 e. The summed E-state index contributed by atoms with van der Waals surface area (Å²) in [7, 11) is 4.01. The van der Waals surface area contributed by atoms with Crippen LogP contribution in [-0.4, -0.2) is 58.9 Å². The molecule has 0 spiro atoms. The molecule has 4 aromatic rings. The van der Waals surface area contributed by atoms with Crippen LogP contribution >= 0.6 is 11.6 Å². The number of rotatable bonds is 5. The number of likely N-dealkylation sites (tertiary alicyclic amines) is 1. The Balaban J connectivity index is 1.24. The van der Waals surface area contributed by atoms with E-state index in [0.29, 0.717) is 28.6 Å². The van der Waals surface area contributed by atoms with Crippen LogP contribution in [0.3, 0.4) is 0 Å². The first-order chi connectivity index (χ1) is 19.9. The van der Waals surface area contributed by atoms with Crippen molar-refractivity contribution in [2.45, 2.75) is 31.5 Å². The second kappa shape index (κ2) is 11.6. The Kier molecular flexibility index (Phi) is 7.71. The highest BCUT2D eigenvalue weighted by Crippen LogP contribution is 2.38. The predicted octanol–water partition coefficient (Wildman–Crippen LogP) is 6.04. The van der Waals surface area contributed by atoms with Crippen LogP contribution in [0.25, 0.3) is 11.3 Å². The molecule has 0 saturated carbocycles. The van der Waals surface area contributed by atoms with E-state index in [2.05, 4.69) is 27.6 Å². The summed E-state index contributed by atoms with van der Waals surface area (Å²) in [6, 6.07) is 19.6. The number of nitrogens with zero attached hydrogens (tertiary/aromatic N) is 4. The van der Waals surface area contributed by atoms with Gasteiger partial charge in [-0.1, -0.05) is 35.9 Å². The van der Waals surface area contributed by atoms with E-state index in [1.165, 1.54) is 6.07 Å². The van der Waals surface area contributed by atoms with Crippen molar-refractivity contribution in [3.63, 3.8) is 0 Å². The van der Waals surface area contributed by atoms with Crippen LogP contribution in [0.5, 0.6) is 0 Å². The number of carbonyl (C=O) groups is 1. The zero-order valence-electron chi connectivity index (χ0n) is 23.1. The summed E-state index contributed by atoms with van der Waals surface area (Å²) in [4.78, 5) is 26.7. The van der Waals surface area contributed by atoms with E-state index in [1.54, 1.807) is 18.3 Å². The van der Waals surface area contributed by atoms with Crippen molar-refractivity contribution in [2.75, 3.05) is 32.5 Å². The van der Waals surface area contributed by atoms with Crippen LogP contribution < -0.4 is 10.6 Å². The van der Waals surface area contributed by atoms with Gasteiger partial charge in [-0.05, 0) is 81.0 Å². The van der Waals surface area contributed by atoms with Gasteiger partial charge < -0.3 is 20.4 Å². The average Bonchev–Trinajstić information content (AvgIpc) is 3.14. The number of hydrogen-bond acceptors (Lipinski definition) is 6. The van der Waals surface area contributed by atoms with Gasteiger partial charge >= 0.3 is 0 Å². The quantitative estimate of drug-likeness (QED) is 0.305. The van der Waals surface area contributed by atoms with Gasteiger partial charge in [0.2, 0.25) is 5.95 Å². The molecule has 6 rings (SSSR count). The fourth-order valence-electron chi connectivity index (χ4n) is 5.70. The van der Waals surface area contributed by atoms with Crippen molar-refractivity contribution in [1.82, 2.24) is 25.1 Å². The molecule has 3 heterocycles. The first-order valence-corrected chi connectivity index (χ1v) is 14.2. The first kappa shape index (κ1) is 27.3. The van der Waals surface area contributed by atoms with E-state index in [-0.39, 0.29) is 17.8 Å². The molecule has 1 saturated heterocycles. The molecule has 0 aliphatic carbocycles. The number of amides is 1. The third-order valence-electron chi connectivity index (χ3n) is 8.10. The Morgan fingerprint density at radius 2 is 1.83 bits per heavy atom. The number of nitrogens with one attached hydrogen (secondary N) is 2. The van der Waals surface area contributed by atoms with Crippen molar-refractivity contribution in [1.29, 1.82) is 0 Å². The van der Waals surface area contributed by atoms with Crippen LogP contribution in [0.15, 0.2) is 72.9 Å². The minimum absolute atomic E-state index is 0.0274. The first-order valence-electron chi connectivity index (χ1n) is 13.8. The van der Waals surface area contributed by atoms with E-state index in [4.69, 9.17) is 16.6 Å². The summed E-state index contributed by atoms with van der Waals surface area (Å²) >= 11 is 6.40. The van der Waals surface area contributed by atoms with Gasteiger partial charge in [-0.25, -0.2) is 14.4 Å². The number of halogens is 2. The van der Waals surface area contributed by atoms with Gasteiger partial charge in [0.1, 0.15) is 5.82 Å². The molecule has 1 aromatic heterocycles. The topological polar surface area (TPSA) is 73.4 Å². The van der Waals surface area contributed by atoms with Gasteiger partial charge in [-0.2, -0.15) is 0 Å². The maximum atomic E-state index is 14.8. The standard InChI is InChI=1S/C32H32ClFN6O/c1-39-15-13-24(14-16-39)40(2)31(41)20-7-10-23(11-8-20)37-32-36-19-21-18-35-30(26-5-3-4-6-28(26)34)27-17-22(33)9-12-25(27)29(21)38-32/h3-12,17,19,24,30,35H,13-16,18H2,1-2H3,(H,36,37,38). The average molecular weight is 571 g/mol. The van der Waals surface area contributed by atoms with Crippen molar-refractivity contribution in [3.8, 4) is 11.3 Å². The third-order valence-corrected chi connectivity index (χ3v) is 8.34. The Morgan fingerprint density at radius 1 is 1.07 bits per heavy atom. The summed E-state index contributed by atoms with van der Waals surface area (Å²) in [5.74, 6) is 0.172. The van der Waals surface area contributed by atoms with Crippen molar-refractivity contribution < 1.29 is 9.18 Å². The zero-order chi connectivity index (χ0) is 28.5. The molecular formula is C32H32ClFN6O. The summed E-state index contributed by atoms with van der Waals surface area (Å²) in [6.45, 7) is 2.47. The molecule has 2 aliphatic rings. The fourth-order valence-corrected chi connectivity index (χ4v) is 5.88. The SMILES string of the molecule is CN1CCC(N(C)C(=O)c2ccc(Nc3ncc4c(n3)-c3ccc(Cl)cc3C(c3ccccc3F)NC4)cc2)CC1. The smallest absolute Gasteiger partial charge is 0.253 e. The number of anilines is 2. The summed E-state index contributed by atoms with van der Waals surface area (Å²) in [6.07, 6.45) is 3.76. The summed E-state index contributed by atoms with van der Waals surface area (Å²) < 4.78 is 14.8. The van der Waals surface area contributed by atoms with E-state index in [1.807, 2.05) is 60.5 Å². The highest BCUT2D eigenvalue weighted by molar-refractivity contribution is 6.30. The zero-order valence-corrected chi connectivity index (χ0v) is 23.8. The Morgan fingerprint density at radius 3 is 2.59 bits per heavy atom. The Labute approximate surface area is 244 Å². The molecule has 3 aromatic carbocycles. The molecule has 7 nitrogen and oxygen atoms in total. The molecule has 1 unspecified atom stereocenters. The third kappa shape index (κ3) is 5.68. The Bertz CT molecular complexity index is 1570. The van der Waals surface area contributed by atoms with Crippen molar-refractivity contribution in [2.24, 2.45) is 0 Å². The van der Waals surface area contributed by atoms with E-state index >= 15 is 0 Å². The Hall–Kier alpha value is -3.85. The van der Waals surface area contributed by atoms with Crippen molar-refractivity contribution in [3.05, 3.63) is 106 Å². The normalized spacial score (nSPS) is 17.3. The predicted molar refractivity (Wildman–Crippen MR) is 160 cm³/mol. The van der Waals surface area contributed by atoms with Gasteiger partial charge in [0.15, 0.2) is 0 Å². The van der Waals surface area contributed by atoms with Gasteiger partial charge in [0, 0.05) is 58.8 Å². The lowest BCUT2D eigenvalue weighted by Crippen LogP contribution is -2.44. The number of hydrogen-bond donors (Lipinski definition) is 2. The van der Waals surface area contributed by atoms with Crippen LogP contribution in [0.1, 0.15) is 45.9 Å². The van der Waals surface area contributed by atoms with E-state index in [9.17, 15) is 9.18 Å². The molecule has 1 amide bonds. The highest BCUT2D eigenvalue weighted by Gasteiger charge is 2.27. The second-order valence-corrected chi connectivity index (χ2v) is 11.2. The maximum absolute atomic E-state index is 14.8. The largest absolute Gasteiger partial charge is 0.339 e. The van der Waals surface area contributed by atoms with Gasteiger partial charge in [0.25, 0.3) is 5.91 Å². The lowest BCUT2D eigenvalue weighted by Gasteiger charge is -2.35. The number of fused-ring (bicyclic) bond motifs is 3. The minimum atomic E-state index is -0.395. The van der Waals surface area contributed by atoms with Gasteiger partial charge in [-0.3, -0.25) is 4.79 Å². The van der Waals surface area contributed by atoms with E-state index in [0.717, 1.165) is 54.0 Å². The number of aromatic nitrogens is 2. The highest BCUT2D eigenvalue weighted by atomic mass is 35.5. The lowest BCUT2D eigenvalue weighted by molar-refractivity contribution is 0.0659. The number of piperidine rings is 1. The van der Waals surface area contributed by atoms with Crippen LogP contribution in [0.2, 0.25) is 5.02 Å².